The van der Waals surface area contributed by atoms with Gasteiger partial charge in [0.15, 0.2) is 5.78 Å². The van der Waals surface area contributed by atoms with E-state index in [2.05, 4.69) is 20.8 Å². The van der Waals surface area contributed by atoms with Crippen LogP contribution in [0.25, 0.3) is 0 Å². The summed E-state index contributed by atoms with van der Waals surface area (Å²) in [5, 5.41) is 0. The smallest absolute Gasteiger partial charge is 0.302 e. The minimum atomic E-state index is -0.859. The van der Waals surface area contributed by atoms with Crippen molar-refractivity contribution in [3.05, 3.63) is 11.6 Å². The number of Topliss-reactive ketones (excluding diaryl/α,β-unsaturated/α-hetero) is 2. The van der Waals surface area contributed by atoms with E-state index in [9.17, 15) is 19.2 Å². The van der Waals surface area contributed by atoms with E-state index in [0.29, 0.717) is 30.9 Å². The van der Waals surface area contributed by atoms with Gasteiger partial charge in [0.1, 0.15) is 12.1 Å². The summed E-state index contributed by atoms with van der Waals surface area (Å²) in [6.07, 6.45) is 9.03. The first-order chi connectivity index (χ1) is 15.3. The summed E-state index contributed by atoms with van der Waals surface area (Å²) < 4.78 is 5.75. The van der Waals surface area contributed by atoms with Gasteiger partial charge in [-0.15, -0.1) is 0 Å². The van der Waals surface area contributed by atoms with Crippen molar-refractivity contribution >= 4 is 23.8 Å². The normalized spacial score (nSPS) is 43.9. The number of esters is 1. The summed E-state index contributed by atoms with van der Waals surface area (Å²) >= 11 is 0. The van der Waals surface area contributed by atoms with E-state index in [1.807, 2.05) is 13.0 Å². The van der Waals surface area contributed by atoms with Crippen LogP contribution in [0, 0.1) is 45.3 Å². The molecule has 0 aromatic heterocycles. The quantitative estimate of drug-likeness (QED) is 0.434. The molecule has 0 aromatic carbocycles. The Hall–Kier alpha value is -1.78. The fourth-order valence-corrected chi connectivity index (χ4v) is 9.21. The molecule has 0 spiro atoms. The van der Waals surface area contributed by atoms with Crippen LogP contribution in [0.2, 0.25) is 0 Å². The maximum Gasteiger partial charge on any atom is 0.302 e. The van der Waals surface area contributed by atoms with E-state index in [-0.39, 0.29) is 45.6 Å². The molecule has 7 atom stereocenters. The lowest BCUT2D eigenvalue weighted by Crippen LogP contribution is -2.67. The lowest BCUT2D eigenvalue weighted by molar-refractivity contribution is -0.217. The first kappa shape index (κ1) is 24.3. The van der Waals surface area contributed by atoms with E-state index in [0.717, 1.165) is 38.4 Å². The summed E-state index contributed by atoms with van der Waals surface area (Å²) in [6.45, 7) is 12.3. The van der Waals surface area contributed by atoms with Crippen LogP contribution >= 0.6 is 0 Å². The number of rotatable bonds is 4. The number of hydrogen-bond donors (Lipinski definition) is 0. The predicted molar refractivity (Wildman–Crippen MR) is 125 cm³/mol. The Balaban J connectivity index is 1.84. The maximum atomic E-state index is 14.0. The van der Waals surface area contributed by atoms with Crippen molar-refractivity contribution < 1.29 is 23.9 Å². The van der Waals surface area contributed by atoms with E-state index in [1.54, 1.807) is 0 Å². The number of ketones is 2. The monoisotopic (exact) mass is 456 g/mol. The van der Waals surface area contributed by atoms with E-state index >= 15 is 0 Å². The second-order valence-electron chi connectivity index (χ2n) is 12.5. The highest BCUT2D eigenvalue weighted by Crippen LogP contribution is 2.72. The fraction of sp³-hybridized carbons (Fsp3) is 0.786. The lowest BCUT2D eigenvalue weighted by Gasteiger charge is -2.69. The van der Waals surface area contributed by atoms with Gasteiger partial charge in [-0.05, 0) is 67.6 Å². The van der Waals surface area contributed by atoms with Crippen LogP contribution in [0.5, 0.6) is 0 Å². The number of carbonyl (C=O) groups excluding carboxylic acids is 4. The zero-order valence-corrected chi connectivity index (χ0v) is 21.2. The highest BCUT2D eigenvalue weighted by molar-refractivity contribution is 6.01. The van der Waals surface area contributed by atoms with Gasteiger partial charge in [-0.3, -0.25) is 14.4 Å². The molecule has 0 aromatic rings. The number of allylic oxidation sites excluding steroid dienone is 2. The van der Waals surface area contributed by atoms with Gasteiger partial charge in [0.2, 0.25) is 0 Å². The molecular weight excluding hydrogens is 416 g/mol. The third-order valence-corrected chi connectivity index (χ3v) is 10.7. The molecule has 0 N–H and O–H groups in total. The van der Waals surface area contributed by atoms with Crippen LogP contribution in [0.3, 0.4) is 0 Å². The number of ether oxygens (including phenoxy) is 1. The van der Waals surface area contributed by atoms with Crippen LogP contribution < -0.4 is 0 Å². The Morgan fingerprint density at radius 3 is 2.36 bits per heavy atom. The van der Waals surface area contributed by atoms with Gasteiger partial charge >= 0.3 is 5.97 Å². The summed E-state index contributed by atoms with van der Waals surface area (Å²) in [6, 6.07) is 0. The molecule has 182 valence electrons. The molecule has 0 aliphatic heterocycles. The number of carbonyl (C=O) groups is 4. The van der Waals surface area contributed by atoms with Gasteiger partial charge in [-0.2, -0.15) is 0 Å². The minimum absolute atomic E-state index is 0.00487. The Kier molecular flexibility index (Phi) is 5.81. The van der Waals surface area contributed by atoms with Gasteiger partial charge in [-0.1, -0.05) is 40.2 Å². The zero-order chi connectivity index (χ0) is 24.4. The standard InChI is InChI=1S/C28H40O5/c1-17(30)19-8-9-22-26(5)13-10-21-25(3,4)11-7-12-28(21,16-33-18(2)31)23(26)14-24(32)27(22,6)20(19)15-29/h8,15,20-23H,7,9-14,16H2,1-6H3/t20-,21?,22?,23?,26-,27+,28+/m0/s1. The minimum Gasteiger partial charge on any atom is -0.465 e. The van der Waals surface area contributed by atoms with Gasteiger partial charge in [0, 0.05) is 29.7 Å². The van der Waals surface area contributed by atoms with Crippen molar-refractivity contribution in [3.8, 4) is 0 Å². The van der Waals surface area contributed by atoms with Crippen molar-refractivity contribution in [2.45, 2.75) is 86.5 Å². The molecule has 0 saturated heterocycles. The first-order valence-corrected chi connectivity index (χ1v) is 12.7. The molecule has 5 heteroatoms. The highest BCUT2D eigenvalue weighted by Gasteiger charge is 2.69. The molecule has 4 rings (SSSR count). The summed E-state index contributed by atoms with van der Waals surface area (Å²) in [5.41, 5.74) is -0.613. The second-order valence-corrected chi connectivity index (χ2v) is 12.5. The van der Waals surface area contributed by atoms with Crippen molar-refractivity contribution in [3.63, 3.8) is 0 Å². The highest BCUT2D eigenvalue weighted by atomic mass is 16.5. The van der Waals surface area contributed by atoms with Gasteiger partial charge in [-0.25, -0.2) is 0 Å². The molecule has 33 heavy (non-hydrogen) atoms. The molecule has 3 unspecified atom stereocenters. The Morgan fingerprint density at radius 2 is 1.76 bits per heavy atom. The molecule has 0 amide bonds. The third-order valence-electron chi connectivity index (χ3n) is 10.7. The van der Waals surface area contributed by atoms with Crippen molar-refractivity contribution in [2.75, 3.05) is 6.61 Å². The van der Waals surface area contributed by atoms with E-state index < -0.39 is 11.3 Å². The van der Waals surface area contributed by atoms with Crippen LogP contribution in [0.4, 0.5) is 0 Å². The molecule has 3 saturated carbocycles. The zero-order valence-electron chi connectivity index (χ0n) is 21.2. The molecular formula is C28H40O5. The topological polar surface area (TPSA) is 77.5 Å². The molecule has 0 heterocycles. The molecule has 5 nitrogen and oxygen atoms in total. The lowest BCUT2D eigenvalue weighted by atomic mass is 9.34. The number of fused-ring (bicyclic) bond motifs is 5. The summed E-state index contributed by atoms with van der Waals surface area (Å²) in [4.78, 5) is 50.5. The van der Waals surface area contributed by atoms with Crippen molar-refractivity contribution in [2.24, 2.45) is 45.3 Å². The van der Waals surface area contributed by atoms with Crippen molar-refractivity contribution in [1.82, 2.24) is 0 Å². The van der Waals surface area contributed by atoms with Gasteiger partial charge in [0.05, 0.1) is 12.5 Å². The first-order valence-electron chi connectivity index (χ1n) is 12.7. The van der Waals surface area contributed by atoms with E-state index in [4.69, 9.17) is 4.74 Å². The Morgan fingerprint density at radius 1 is 1.06 bits per heavy atom. The Bertz CT molecular complexity index is 915. The second kappa shape index (κ2) is 7.88. The fourth-order valence-electron chi connectivity index (χ4n) is 9.21. The maximum absolute atomic E-state index is 14.0. The van der Waals surface area contributed by atoms with Crippen LogP contribution in [0.15, 0.2) is 11.6 Å². The Labute approximate surface area is 198 Å². The average Bonchev–Trinajstić information content (AvgIpc) is 2.72. The number of hydrogen-bond acceptors (Lipinski definition) is 5. The molecule has 0 radical (unpaired) electrons. The summed E-state index contributed by atoms with van der Waals surface area (Å²) in [5.74, 6) is -0.465. The van der Waals surface area contributed by atoms with Crippen LogP contribution in [-0.2, 0) is 23.9 Å². The molecule has 3 fully saturated rings. The molecule has 4 aliphatic rings. The van der Waals surface area contributed by atoms with Crippen molar-refractivity contribution in [1.29, 1.82) is 0 Å². The largest absolute Gasteiger partial charge is 0.465 e. The van der Waals surface area contributed by atoms with Gasteiger partial charge in [0.25, 0.3) is 0 Å². The SMILES string of the molecule is CC(=O)OC[C@]12CCCC(C)(C)C1CC[C@]1(C)C2CC(=O)[C@@]2(C)C1CC=C(C(C)=O)[C@@H]2C=O. The predicted octanol–water partition coefficient (Wildman–Crippen LogP) is 5.11. The summed E-state index contributed by atoms with van der Waals surface area (Å²) in [7, 11) is 0. The average molecular weight is 457 g/mol. The molecule has 4 aliphatic carbocycles. The molecule has 0 bridgehead atoms. The number of aldehydes is 1. The van der Waals surface area contributed by atoms with E-state index in [1.165, 1.54) is 13.8 Å². The third kappa shape index (κ3) is 3.31. The van der Waals surface area contributed by atoms with Crippen LogP contribution in [0.1, 0.15) is 86.5 Å². The van der Waals surface area contributed by atoms with Crippen LogP contribution in [-0.4, -0.2) is 30.4 Å². The van der Waals surface area contributed by atoms with Gasteiger partial charge < -0.3 is 9.53 Å².